The van der Waals surface area contributed by atoms with Gasteiger partial charge in [0.2, 0.25) is 0 Å². The van der Waals surface area contributed by atoms with Crippen LogP contribution < -0.4 is 5.32 Å². The number of amides is 2. The number of hydrogen-bond donors (Lipinski definition) is 1. The zero-order valence-electron chi connectivity index (χ0n) is 8.71. The molecule has 1 rings (SSSR count). The average Bonchev–Trinajstić information content (AvgIpc) is 2.73. The Hall–Kier alpha value is -2.38. The minimum absolute atomic E-state index is 0.197. The van der Waals surface area contributed by atoms with Crippen LogP contribution in [-0.4, -0.2) is 36.3 Å². The second-order valence-corrected chi connectivity index (χ2v) is 2.76. The van der Waals surface area contributed by atoms with Crippen molar-refractivity contribution in [3.63, 3.8) is 0 Å². The topological polar surface area (TPSA) is 101 Å². The van der Waals surface area contributed by atoms with Crippen LogP contribution in [0.25, 0.3) is 0 Å². The highest BCUT2D eigenvalue weighted by atomic mass is 16.6. The fraction of sp³-hybridized carbons (Fsp3) is 0.250. The first-order chi connectivity index (χ1) is 7.54. The van der Waals surface area contributed by atoms with Crippen LogP contribution in [0.15, 0.2) is 21.7 Å². The molecule has 8 nitrogen and oxygen atoms in total. The van der Waals surface area contributed by atoms with Crippen molar-refractivity contribution in [1.29, 1.82) is 0 Å². The standard InChI is InChI=1S/C8H10N4O4/c1-9-8(13)11(2)10-5-6-3-4-7(16-6)12(14)15/h3-5H,1-2H3,(H,9,13)/b10-5+. The SMILES string of the molecule is CNC(=O)N(C)/N=C/c1ccc([N+](=O)[O-])o1. The fourth-order valence-corrected chi connectivity index (χ4v) is 0.867. The molecule has 2 amide bonds. The fourth-order valence-electron chi connectivity index (χ4n) is 0.867. The Morgan fingerprint density at radius 1 is 1.69 bits per heavy atom. The summed E-state index contributed by atoms with van der Waals surface area (Å²) in [5.74, 6) is -0.175. The largest absolute Gasteiger partial charge is 0.433 e. The summed E-state index contributed by atoms with van der Waals surface area (Å²) in [5.41, 5.74) is 0. The van der Waals surface area contributed by atoms with Crippen molar-refractivity contribution in [3.8, 4) is 0 Å². The molecular weight excluding hydrogens is 216 g/mol. The molecule has 0 aromatic carbocycles. The average molecular weight is 226 g/mol. The second kappa shape index (κ2) is 4.91. The van der Waals surface area contributed by atoms with Gasteiger partial charge in [-0.15, -0.1) is 0 Å². The van der Waals surface area contributed by atoms with Gasteiger partial charge in [-0.3, -0.25) is 10.1 Å². The van der Waals surface area contributed by atoms with E-state index in [-0.39, 0.29) is 11.6 Å². The van der Waals surface area contributed by atoms with Crippen LogP contribution in [0, 0.1) is 10.1 Å². The molecule has 0 aliphatic carbocycles. The van der Waals surface area contributed by atoms with E-state index < -0.39 is 11.0 Å². The van der Waals surface area contributed by atoms with Gasteiger partial charge >= 0.3 is 11.9 Å². The van der Waals surface area contributed by atoms with Gasteiger partial charge in [-0.05, 0) is 6.07 Å². The normalized spacial score (nSPS) is 10.4. The highest BCUT2D eigenvalue weighted by molar-refractivity contribution is 5.79. The zero-order valence-corrected chi connectivity index (χ0v) is 8.71. The number of nitro groups is 1. The number of carbonyl (C=O) groups excluding carboxylic acids is 1. The van der Waals surface area contributed by atoms with Gasteiger partial charge in [0.05, 0.1) is 12.3 Å². The predicted octanol–water partition coefficient (Wildman–Crippen LogP) is 0.793. The number of nitrogens with zero attached hydrogens (tertiary/aromatic N) is 3. The van der Waals surface area contributed by atoms with E-state index in [1.54, 1.807) is 0 Å². The van der Waals surface area contributed by atoms with Gasteiger partial charge in [0.15, 0.2) is 5.76 Å². The molecule has 1 N–H and O–H groups in total. The zero-order chi connectivity index (χ0) is 12.1. The second-order valence-electron chi connectivity index (χ2n) is 2.76. The first kappa shape index (κ1) is 11.7. The van der Waals surface area contributed by atoms with Crippen molar-refractivity contribution in [2.45, 2.75) is 0 Å². The molecule has 0 fully saturated rings. The highest BCUT2D eigenvalue weighted by Gasteiger charge is 2.10. The van der Waals surface area contributed by atoms with Crippen molar-refractivity contribution in [2.75, 3.05) is 14.1 Å². The third-order valence-electron chi connectivity index (χ3n) is 1.66. The van der Waals surface area contributed by atoms with Crippen LogP contribution in [0.2, 0.25) is 0 Å². The first-order valence-electron chi connectivity index (χ1n) is 4.28. The molecular formula is C8H10N4O4. The smallest absolute Gasteiger partial charge is 0.400 e. The maximum absolute atomic E-state index is 11.0. The molecule has 0 spiro atoms. The quantitative estimate of drug-likeness (QED) is 0.467. The Morgan fingerprint density at radius 3 is 2.88 bits per heavy atom. The lowest BCUT2D eigenvalue weighted by Gasteiger charge is -2.08. The van der Waals surface area contributed by atoms with Gasteiger partial charge in [0.1, 0.15) is 4.92 Å². The van der Waals surface area contributed by atoms with Crippen LogP contribution in [0.5, 0.6) is 0 Å². The molecule has 86 valence electrons. The molecule has 0 saturated carbocycles. The minimum atomic E-state index is -0.653. The molecule has 0 atom stereocenters. The van der Waals surface area contributed by atoms with E-state index in [4.69, 9.17) is 4.42 Å². The van der Waals surface area contributed by atoms with Crippen molar-refractivity contribution >= 4 is 18.1 Å². The van der Waals surface area contributed by atoms with Gasteiger partial charge in [0.25, 0.3) is 0 Å². The van der Waals surface area contributed by atoms with Gasteiger partial charge in [-0.25, -0.2) is 9.80 Å². The molecule has 8 heteroatoms. The number of urea groups is 1. The van der Waals surface area contributed by atoms with E-state index in [2.05, 4.69) is 10.4 Å². The summed E-state index contributed by atoms with van der Waals surface area (Å²) < 4.78 is 4.80. The molecule has 1 aromatic heterocycles. The summed E-state index contributed by atoms with van der Waals surface area (Å²) in [6.07, 6.45) is 1.21. The molecule has 0 radical (unpaired) electrons. The van der Waals surface area contributed by atoms with Crippen molar-refractivity contribution in [3.05, 3.63) is 28.0 Å². The van der Waals surface area contributed by atoms with E-state index in [1.807, 2.05) is 0 Å². The Morgan fingerprint density at radius 2 is 2.38 bits per heavy atom. The lowest BCUT2D eigenvalue weighted by atomic mass is 10.5. The van der Waals surface area contributed by atoms with Crippen LogP contribution >= 0.6 is 0 Å². The third kappa shape index (κ3) is 2.80. The summed E-state index contributed by atoms with van der Waals surface area (Å²) in [4.78, 5) is 20.7. The third-order valence-corrected chi connectivity index (χ3v) is 1.66. The van der Waals surface area contributed by atoms with E-state index in [1.165, 1.54) is 32.4 Å². The lowest BCUT2D eigenvalue weighted by molar-refractivity contribution is -0.402. The van der Waals surface area contributed by atoms with Crippen LogP contribution in [0.1, 0.15) is 5.76 Å². The van der Waals surface area contributed by atoms with Gasteiger partial charge in [-0.2, -0.15) is 5.10 Å². The summed E-state index contributed by atoms with van der Waals surface area (Å²) >= 11 is 0. The highest BCUT2D eigenvalue weighted by Crippen LogP contribution is 2.13. The molecule has 0 aliphatic heterocycles. The molecule has 0 bridgehead atoms. The molecule has 0 unspecified atom stereocenters. The van der Waals surface area contributed by atoms with Gasteiger partial charge < -0.3 is 9.73 Å². The Balaban J connectivity index is 2.69. The Labute approximate surface area is 90.7 Å². The maximum atomic E-state index is 11.0. The lowest BCUT2D eigenvalue weighted by Crippen LogP contribution is -2.30. The monoisotopic (exact) mass is 226 g/mol. The van der Waals surface area contributed by atoms with E-state index >= 15 is 0 Å². The van der Waals surface area contributed by atoms with Crippen molar-refractivity contribution < 1.29 is 14.1 Å². The predicted molar refractivity (Wildman–Crippen MR) is 55.2 cm³/mol. The summed E-state index contributed by atoms with van der Waals surface area (Å²) in [6, 6.07) is 2.19. The molecule has 0 saturated heterocycles. The number of furan rings is 1. The summed E-state index contributed by atoms with van der Waals surface area (Å²) in [6.45, 7) is 0. The van der Waals surface area contributed by atoms with E-state index in [0.717, 1.165) is 5.01 Å². The number of hydrogen-bond acceptors (Lipinski definition) is 5. The number of nitrogens with one attached hydrogen (secondary N) is 1. The number of rotatable bonds is 3. The Bertz CT molecular complexity index is 425. The molecule has 1 aromatic rings. The van der Waals surface area contributed by atoms with Crippen molar-refractivity contribution in [2.24, 2.45) is 5.10 Å². The number of hydrazone groups is 1. The van der Waals surface area contributed by atoms with Crippen LogP contribution in [-0.2, 0) is 0 Å². The first-order valence-corrected chi connectivity index (χ1v) is 4.28. The van der Waals surface area contributed by atoms with Crippen LogP contribution in [0.4, 0.5) is 10.7 Å². The summed E-state index contributed by atoms with van der Waals surface area (Å²) in [5, 5.41) is 17.4. The van der Waals surface area contributed by atoms with E-state index in [0.29, 0.717) is 0 Å². The van der Waals surface area contributed by atoms with Gasteiger partial charge in [0, 0.05) is 14.1 Å². The van der Waals surface area contributed by atoms with Crippen molar-refractivity contribution in [1.82, 2.24) is 10.3 Å². The molecule has 1 heterocycles. The van der Waals surface area contributed by atoms with E-state index in [9.17, 15) is 14.9 Å². The van der Waals surface area contributed by atoms with Gasteiger partial charge in [-0.1, -0.05) is 0 Å². The van der Waals surface area contributed by atoms with Crippen LogP contribution in [0.3, 0.4) is 0 Å². The molecule has 0 aliphatic rings. The molecule has 16 heavy (non-hydrogen) atoms. The minimum Gasteiger partial charge on any atom is -0.400 e. The maximum Gasteiger partial charge on any atom is 0.433 e. The summed E-state index contributed by atoms with van der Waals surface area (Å²) in [7, 11) is 2.90. The Kier molecular flexibility index (Phi) is 3.59. The number of carbonyl (C=O) groups is 1.